The number of benzene rings is 1. The Balaban J connectivity index is 1.46. The molecule has 0 spiro atoms. The number of piperidine rings is 1. The summed E-state index contributed by atoms with van der Waals surface area (Å²) < 4.78 is 0.881. The summed E-state index contributed by atoms with van der Waals surface area (Å²) in [7, 11) is 0. The van der Waals surface area contributed by atoms with Crippen LogP contribution in [0.25, 0.3) is 0 Å². The number of nitrogens with zero attached hydrogens (tertiary/aromatic N) is 2. The third-order valence-electron chi connectivity index (χ3n) is 7.13. The second kappa shape index (κ2) is 7.38. The smallest absolute Gasteiger partial charge is 0.234 e. The van der Waals surface area contributed by atoms with E-state index < -0.39 is 6.04 Å². The van der Waals surface area contributed by atoms with Crippen molar-refractivity contribution in [3.63, 3.8) is 0 Å². The fourth-order valence-corrected chi connectivity index (χ4v) is 6.16. The van der Waals surface area contributed by atoms with Crippen molar-refractivity contribution in [2.45, 2.75) is 38.1 Å². The summed E-state index contributed by atoms with van der Waals surface area (Å²) in [5.74, 6) is -0.274. The van der Waals surface area contributed by atoms with Gasteiger partial charge in [0, 0.05) is 17.6 Å². The first-order valence-electron chi connectivity index (χ1n) is 10.6. The lowest BCUT2D eigenvalue weighted by Crippen LogP contribution is -2.41. The van der Waals surface area contributed by atoms with E-state index in [0.717, 1.165) is 48.8 Å². The van der Waals surface area contributed by atoms with Gasteiger partial charge in [-0.25, -0.2) is 0 Å². The van der Waals surface area contributed by atoms with Crippen molar-refractivity contribution in [2.24, 2.45) is 23.7 Å². The lowest BCUT2D eigenvalue weighted by molar-refractivity contribution is -0.145. The van der Waals surface area contributed by atoms with E-state index in [9.17, 15) is 14.4 Å². The second-order valence-corrected chi connectivity index (χ2v) is 9.68. The quantitative estimate of drug-likeness (QED) is 0.512. The van der Waals surface area contributed by atoms with E-state index in [1.54, 1.807) is 0 Å². The van der Waals surface area contributed by atoms with Gasteiger partial charge < -0.3 is 4.90 Å². The molecule has 2 saturated heterocycles. The van der Waals surface area contributed by atoms with Crippen LogP contribution in [0, 0.1) is 23.7 Å². The number of carbonyl (C=O) groups is 3. The van der Waals surface area contributed by atoms with E-state index in [4.69, 9.17) is 0 Å². The summed E-state index contributed by atoms with van der Waals surface area (Å²) in [5, 5.41) is 0. The van der Waals surface area contributed by atoms with Gasteiger partial charge in [-0.2, -0.15) is 0 Å². The molecule has 3 amide bonds. The largest absolute Gasteiger partial charge is 0.343 e. The molecule has 4 aliphatic rings. The van der Waals surface area contributed by atoms with Crippen molar-refractivity contribution >= 4 is 33.7 Å². The summed E-state index contributed by atoms with van der Waals surface area (Å²) in [6.07, 6.45) is 8.48. The van der Waals surface area contributed by atoms with E-state index in [1.807, 2.05) is 29.2 Å². The average molecular weight is 457 g/mol. The molecule has 2 aliphatic heterocycles. The van der Waals surface area contributed by atoms with Gasteiger partial charge in [-0.1, -0.05) is 40.2 Å². The van der Waals surface area contributed by atoms with Gasteiger partial charge in [0.15, 0.2) is 0 Å². The minimum Gasteiger partial charge on any atom is -0.343 e. The predicted octanol–water partition coefficient (Wildman–Crippen LogP) is 3.70. The van der Waals surface area contributed by atoms with E-state index in [0.29, 0.717) is 0 Å². The van der Waals surface area contributed by atoms with Crippen molar-refractivity contribution in [3.05, 3.63) is 46.5 Å². The maximum atomic E-state index is 13.4. The van der Waals surface area contributed by atoms with E-state index in [-0.39, 0.29) is 47.8 Å². The van der Waals surface area contributed by atoms with Crippen LogP contribution in [0.4, 0.5) is 0 Å². The second-order valence-electron chi connectivity index (χ2n) is 8.76. The van der Waals surface area contributed by atoms with Crippen LogP contribution in [0.5, 0.6) is 0 Å². The maximum Gasteiger partial charge on any atom is 0.234 e. The highest BCUT2D eigenvalue weighted by molar-refractivity contribution is 9.10. The van der Waals surface area contributed by atoms with Gasteiger partial charge in [0.25, 0.3) is 0 Å². The number of rotatable bonds is 4. The summed E-state index contributed by atoms with van der Waals surface area (Å²) in [5.41, 5.74) is 0.840. The van der Waals surface area contributed by atoms with Crippen LogP contribution in [0.2, 0.25) is 0 Å². The molecule has 2 aliphatic carbocycles. The van der Waals surface area contributed by atoms with Crippen molar-refractivity contribution in [2.75, 3.05) is 13.1 Å². The molecule has 5 unspecified atom stereocenters. The monoisotopic (exact) mass is 456 g/mol. The molecule has 2 heterocycles. The Morgan fingerprint density at radius 2 is 1.69 bits per heavy atom. The first-order chi connectivity index (χ1) is 14.0. The molecule has 3 fully saturated rings. The SMILES string of the molecule is O=C(CC(c1cccc(Br)c1)N1C(=O)C2C3C=CC(C3)C2C1=O)N1CCCCC1. The Labute approximate surface area is 179 Å². The molecule has 2 bridgehead atoms. The number of allylic oxidation sites excluding steroid dienone is 2. The fourth-order valence-electron chi connectivity index (χ4n) is 5.74. The number of hydrogen-bond donors (Lipinski definition) is 0. The summed E-state index contributed by atoms with van der Waals surface area (Å²) >= 11 is 3.50. The van der Waals surface area contributed by atoms with Gasteiger partial charge in [-0.3, -0.25) is 19.3 Å². The fraction of sp³-hybridized carbons (Fsp3) is 0.522. The lowest BCUT2D eigenvalue weighted by Gasteiger charge is -2.32. The highest BCUT2D eigenvalue weighted by Gasteiger charge is 2.60. The molecule has 0 N–H and O–H groups in total. The van der Waals surface area contributed by atoms with E-state index >= 15 is 0 Å². The molecule has 152 valence electrons. The number of halogens is 1. The van der Waals surface area contributed by atoms with Crippen molar-refractivity contribution in [1.29, 1.82) is 0 Å². The highest BCUT2D eigenvalue weighted by Crippen LogP contribution is 2.54. The molecule has 5 rings (SSSR count). The zero-order valence-electron chi connectivity index (χ0n) is 16.3. The van der Waals surface area contributed by atoms with Gasteiger partial charge in [0.1, 0.15) is 0 Å². The first kappa shape index (κ1) is 19.0. The molecule has 5 nitrogen and oxygen atoms in total. The Kier molecular flexibility index (Phi) is 4.85. The molecule has 6 heteroatoms. The molecule has 1 saturated carbocycles. The summed E-state index contributed by atoms with van der Waals surface area (Å²) in [6.45, 7) is 1.54. The number of likely N-dealkylation sites (tertiary alicyclic amines) is 2. The maximum absolute atomic E-state index is 13.4. The third kappa shape index (κ3) is 3.16. The molecule has 1 aromatic rings. The molecule has 29 heavy (non-hydrogen) atoms. The van der Waals surface area contributed by atoms with Crippen LogP contribution >= 0.6 is 15.9 Å². The van der Waals surface area contributed by atoms with Gasteiger partial charge in [-0.15, -0.1) is 0 Å². The molecule has 5 atom stereocenters. The zero-order valence-corrected chi connectivity index (χ0v) is 17.9. The Morgan fingerprint density at radius 3 is 2.31 bits per heavy atom. The number of fused-ring (bicyclic) bond motifs is 5. The third-order valence-corrected chi connectivity index (χ3v) is 7.62. The van der Waals surface area contributed by atoms with Crippen molar-refractivity contribution < 1.29 is 14.4 Å². The van der Waals surface area contributed by atoms with Gasteiger partial charge in [-0.05, 0) is 55.2 Å². The standard InChI is InChI=1S/C23H25BrN2O3/c24-17-6-4-5-14(12-17)18(13-19(27)25-9-2-1-3-10-25)26-22(28)20-15-7-8-16(11-15)21(20)23(26)29/h4-8,12,15-16,18,20-21H,1-3,9-11,13H2. The van der Waals surface area contributed by atoms with Crippen LogP contribution in [-0.2, 0) is 14.4 Å². The van der Waals surface area contributed by atoms with Gasteiger partial charge in [0.2, 0.25) is 17.7 Å². The molecule has 1 aromatic carbocycles. The predicted molar refractivity (Wildman–Crippen MR) is 112 cm³/mol. The minimum atomic E-state index is -0.535. The zero-order chi connectivity index (χ0) is 20.1. The summed E-state index contributed by atoms with van der Waals surface area (Å²) in [4.78, 5) is 43.2. The minimum absolute atomic E-state index is 0.0356. The van der Waals surface area contributed by atoms with Gasteiger partial charge >= 0.3 is 0 Å². The molecule has 0 radical (unpaired) electrons. The van der Waals surface area contributed by atoms with Crippen LogP contribution in [0.1, 0.15) is 43.7 Å². The highest BCUT2D eigenvalue weighted by atomic mass is 79.9. The Morgan fingerprint density at radius 1 is 1.03 bits per heavy atom. The van der Waals surface area contributed by atoms with Crippen LogP contribution in [0.3, 0.4) is 0 Å². The Hall–Kier alpha value is -1.95. The first-order valence-corrected chi connectivity index (χ1v) is 11.4. The molecular formula is C23H25BrN2O3. The number of carbonyl (C=O) groups excluding carboxylic acids is 3. The van der Waals surface area contributed by atoms with Crippen LogP contribution in [-0.4, -0.2) is 40.6 Å². The lowest BCUT2D eigenvalue weighted by atomic mass is 9.85. The van der Waals surface area contributed by atoms with Crippen molar-refractivity contribution in [1.82, 2.24) is 9.80 Å². The normalized spacial score (nSPS) is 31.5. The number of imide groups is 1. The van der Waals surface area contributed by atoms with Crippen molar-refractivity contribution in [3.8, 4) is 0 Å². The molecule has 0 aromatic heterocycles. The summed E-state index contributed by atoms with van der Waals surface area (Å²) in [6, 6.07) is 7.12. The number of amides is 3. The molecular weight excluding hydrogens is 432 g/mol. The van der Waals surface area contributed by atoms with E-state index in [2.05, 4.69) is 28.1 Å². The van der Waals surface area contributed by atoms with Crippen LogP contribution in [0.15, 0.2) is 40.9 Å². The Bertz CT molecular complexity index is 862. The average Bonchev–Trinajstić information content (AvgIpc) is 3.41. The van der Waals surface area contributed by atoms with E-state index in [1.165, 1.54) is 4.90 Å². The number of hydrogen-bond acceptors (Lipinski definition) is 3. The van der Waals surface area contributed by atoms with Crippen LogP contribution < -0.4 is 0 Å². The topological polar surface area (TPSA) is 57.7 Å². The van der Waals surface area contributed by atoms with Gasteiger partial charge in [0.05, 0.1) is 24.3 Å².